The highest BCUT2D eigenvalue weighted by Gasteiger charge is 2.01. The fourth-order valence-corrected chi connectivity index (χ4v) is 1.60. The molecule has 0 saturated carbocycles. The van der Waals surface area contributed by atoms with E-state index in [2.05, 4.69) is 34.5 Å². The van der Waals surface area contributed by atoms with Gasteiger partial charge in [0.05, 0.1) is 6.54 Å². The van der Waals surface area contributed by atoms with Gasteiger partial charge in [-0.1, -0.05) is 12.1 Å². The van der Waals surface area contributed by atoms with Crippen LogP contribution in [0.4, 0.5) is 5.69 Å². The van der Waals surface area contributed by atoms with E-state index >= 15 is 0 Å². The van der Waals surface area contributed by atoms with Gasteiger partial charge >= 0.3 is 0 Å². The lowest BCUT2D eigenvalue weighted by Crippen LogP contribution is -2.25. The van der Waals surface area contributed by atoms with Crippen LogP contribution in [0.3, 0.4) is 0 Å². The normalized spacial score (nSPS) is 12.4. The van der Waals surface area contributed by atoms with E-state index in [1.165, 1.54) is 5.56 Å². The number of nitrogens with zero attached hydrogens (tertiary/aromatic N) is 3. The highest BCUT2D eigenvalue weighted by atomic mass is 15.3. The van der Waals surface area contributed by atoms with Crippen LogP contribution in [-0.4, -0.2) is 27.4 Å². The average Bonchev–Trinajstić information content (AvgIpc) is 2.82. The van der Waals surface area contributed by atoms with Gasteiger partial charge in [0.15, 0.2) is 0 Å². The van der Waals surface area contributed by atoms with Crippen molar-refractivity contribution in [2.45, 2.75) is 19.5 Å². The monoisotopic (exact) mass is 231 g/mol. The smallest absolute Gasteiger partial charge is 0.137 e. The third-order valence-electron chi connectivity index (χ3n) is 2.50. The van der Waals surface area contributed by atoms with E-state index in [0.29, 0.717) is 6.54 Å². The highest BCUT2D eigenvalue weighted by Crippen LogP contribution is 2.12. The Hall–Kier alpha value is -1.88. The Labute approximate surface area is 101 Å². The Kier molecular flexibility index (Phi) is 3.72. The molecule has 17 heavy (non-hydrogen) atoms. The Morgan fingerprint density at radius 2 is 2.35 bits per heavy atom. The van der Waals surface area contributed by atoms with Crippen LogP contribution in [0.5, 0.6) is 0 Å². The topological polar surface area (TPSA) is 68.8 Å². The molecule has 1 aromatic heterocycles. The Bertz CT molecular complexity index is 452. The van der Waals surface area contributed by atoms with E-state index in [4.69, 9.17) is 5.73 Å². The maximum Gasteiger partial charge on any atom is 0.137 e. The maximum atomic E-state index is 5.58. The van der Waals surface area contributed by atoms with E-state index < -0.39 is 0 Å². The lowest BCUT2D eigenvalue weighted by Gasteiger charge is -2.13. The minimum absolute atomic E-state index is 0.275. The number of hydrogen-bond donors (Lipinski definition) is 2. The van der Waals surface area contributed by atoms with Crippen LogP contribution >= 0.6 is 0 Å². The molecule has 0 amide bonds. The fourth-order valence-electron chi connectivity index (χ4n) is 1.60. The molecule has 1 heterocycles. The number of hydrogen-bond acceptors (Lipinski definition) is 4. The molecule has 0 radical (unpaired) electrons. The van der Waals surface area contributed by atoms with Gasteiger partial charge in [0.1, 0.15) is 12.7 Å². The summed E-state index contributed by atoms with van der Waals surface area (Å²) in [5.41, 5.74) is 7.85. The molecule has 1 atom stereocenters. The van der Waals surface area contributed by atoms with Crippen LogP contribution in [-0.2, 0) is 6.54 Å². The van der Waals surface area contributed by atoms with Crippen molar-refractivity contribution < 1.29 is 0 Å². The van der Waals surface area contributed by atoms with E-state index in [1.54, 1.807) is 17.3 Å². The van der Waals surface area contributed by atoms with Crippen LogP contribution in [0, 0.1) is 0 Å². The Morgan fingerprint density at radius 1 is 1.47 bits per heavy atom. The van der Waals surface area contributed by atoms with E-state index in [-0.39, 0.29) is 6.04 Å². The van der Waals surface area contributed by atoms with Gasteiger partial charge in [-0.25, -0.2) is 9.67 Å². The highest BCUT2D eigenvalue weighted by molar-refractivity contribution is 5.46. The molecule has 0 bridgehead atoms. The van der Waals surface area contributed by atoms with Crippen LogP contribution in [0.25, 0.3) is 0 Å². The molecule has 0 fully saturated rings. The van der Waals surface area contributed by atoms with Crippen LogP contribution in [0.2, 0.25) is 0 Å². The maximum absolute atomic E-state index is 5.58. The lowest BCUT2D eigenvalue weighted by molar-refractivity contribution is 0.685. The summed E-state index contributed by atoms with van der Waals surface area (Å²) in [7, 11) is 0. The standard InChI is InChI=1S/C12H17N5/c1-10(6-13)16-12-4-2-3-11(5-12)7-17-9-14-8-15-17/h2-5,8-10,16H,6-7,13H2,1H3. The summed E-state index contributed by atoms with van der Waals surface area (Å²) >= 11 is 0. The first-order valence-electron chi connectivity index (χ1n) is 5.66. The van der Waals surface area contributed by atoms with Crippen molar-refractivity contribution in [1.29, 1.82) is 0 Å². The molecule has 2 aromatic rings. The quantitative estimate of drug-likeness (QED) is 0.808. The van der Waals surface area contributed by atoms with Crippen molar-refractivity contribution in [2.24, 2.45) is 5.73 Å². The van der Waals surface area contributed by atoms with Crippen molar-refractivity contribution in [3.63, 3.8) is 0 Å². The minimum Gasteiger partial charge on any atom is -0.381 e. The molecule has 2 rings (SSSR count). The number of benzene rings is 1. The summed E-state index contributed by atoms with van der Waals surface area (Å²) in [6, 6.07) is 8.51. The summed E-state index contributed by atoms with van der Waals surface area (Å²) in [6.45, 7) is 3.41. The molecule has 0 spiro atoms. The predicted octanol–water partition coefficient (Wildman–Crippen LogP) is 1.09. The van der Waals surface area contributed by atoms with Crippen molar-refractivity contribution in [1.82, 2.24) is 14.8 Å². The van der Waals surface area contributed by atoms with Crippen molar-refractivity contribution in [3.05, 3.63) is 42.5 Å². The number of rotatable bonds is 5. The van der Waals surface area contributed by atoms with Gasteiger partial charge in [0, 0.05) is 18.3 Å². The molecule has 0 aliphatic carbocycles. The molecular formula is C12H17N5. The van der Waals surface area contributed by atoms with Gasteiger partial charge in [-0.05, 0) is 24.6 Å². The lowest BCUT2D eigenvalue weighted by atomic mass is 10.2. The summed E-state index contributed by atoms with van der Waals surface area (Å²) in [5, 5.41) is 7.42. The molecule has 5 heteroatoms. The van der Waals surface area contributed by atoms with Crippen molar-refractivity contribution in [3.8, 4) is 0 Å². The molecule has 5 nitrogen and oxygen atoms in total. The first-order chi connectivity index (χ1) is 8.28. The van der Waals surface area contributed by atoms with Gasteiger partial charge in [-0.3, -0.25) is 0 Å². The van der Waals surface area contributed by atoms with Gasteiger partial charge < -0.3 is 11.1 Å². The Balaban J connectivity index is 2.06. The summed E-state index contributed by atoms with van der Waals surface area (Å²) in [5.74, 6) is 0. The second kappa shape index (κ2) is 5.45. The summed E-state index contributed by atoms with van der Waals surface area (Å²) < 4.78 is 1.80. The zero-order valence-electron chi connectivity index (χ0n) is 9.87. The number of aromatic nitrogens is 3. The number of nitrogens with one attached hydrogen (secondary N) is 1. The molecular weight excluding hydrogens is 214 g/mol. The van der Waals surface area contributed by atoms with E-state index in [9.17, 15) is 0 Å². The largest absolute Gasteiger partial charge is 0.381 e. The van der Waals surface area contributed by atoms with Gasteiger partial charge in [-0.2, -0.15) is 5.10 Å². The molecule has 0 aliphatic rings. The van der Waals surface area contributed by atoms with Crippen LogP contribution in [0.15, 0.2) is 36.9 Å². The van der Waals surface area contributed by atoms with E-state index in [1.807, 2.05) is 12.1 Å². The van der Waals surface area contributed by atoms with Crippen LogP contribution < -0.4 is 11.1 Å². The second-order valence-electron chi connectivity index (χ2n) is 4.07. The molecule has 3 N–H and O–H groups in total. The fraction of sp³-hybridized carbons (Fsp3) is 0.333. The molecule has 1 unspecified atom stereocenters. The number of anilines is 1. The Morgan fingerprint density at radius 3 is 3.06 bits per heavy atom. The van der Waals surface area contributed by atoms with Crippen molar-refractivity contribution >= 4 is 5.69 Å². The average molecular weight is 231 g/mol. The minimum atomic E-state index is 0.275. The van der Waals surface area contributed by atoms with Gasteiger partial charge in [-0.15, -0.1) is 0 Å². The first kappa shape index (κ1) is 11.6. The zero-order valence-corrected chi connectivity index (χ0v) is 9.87. The van der Waals surface area contributed by atoms with E-state index in [0.717, 1.165) is 12.2 Å². The first-order valence-corrected chi connectivity index (χ1v) is 5.66. The molecule has 0 aliphatic heterocycles. The van der Waals surface area contributed by atoms with Crippen molar-refractivity contribution in [2.75, 3.05) is 11.9 Å². The summed E-state index contributed by atoms with van der Waals surface area (Å²) in [4.78, 5) is 3.92. The number of nitrogens with two attached hydrogens (primary N) is 1. The third kappa shape index (κ3) is 3.29. The summed E-state index contributed by atoms with van der Waals surface area (Å²) in [6.07, 6.45) is 3.25. The van der Waals surface area contributed by atoms with Gasteiger partial charge in [0.2, 0.25) is 0 Å². The van der Waals surface area contributed by atoms with Crippen LogP contribution in [0.1, 0.15) is 12.5 Å². The third-order valence-corrected chi connectivity index (χ3v) is 2.50. The molecule has 0 saturated heterocycles. The van der Waals surface area contributed by atoms with Gasteiger partial charge in [0.25, 0.3) is 0 Å². The zero-order chi connectivity index (χ0) is 12.1. The SMILES string of the molecule is CC(CN)Nc1cccc(Cn2cncn2)c1. The molecule has 1 aromatic carbocycles. The predicted molar refractivity (Wildman–Crippen MR) is 67.7 cm³/mol. The molecule has 90 valence electrons. The second-order valence-corrected chi connectivity index (χ2v) is 4.07.